The van der Waals surface area contributed by atoms with Crippen LogP contribution in [0.25, 0.3) is 0 Å². The van der Waals surface area contributed by atoms with Crippen molar-refractivity contribution < 1.29 is 9.90 Å². The standard InChI is InChI=1S/C11H23NO2/c1-9(13)10(12(4)5)7-6-8-11(2,3)14/h10,14H,6-8H2,1-5H3. The van der Waals surface area contributed by atoms with Crippen LogP contribution in [0.4, 0.5) is 0 Å². The average Bonchev–Trinajstić information content (AvgIpc) is 1.94. The second-order valence-electron chi connectivity index (χ2n) is 4.79. The summed E-state index contributed by atoms with van der Waals surface area (Å²) in [6.45, 7) is 5.21. The number of likely N-dealkylation sites (N-methyl/N-ethyl adjacent to an activating group) is 1. The molecule has 0 radical (unpaired) electrons. The first-order valence-electron chi connectivity index (χ1n) is 5.13. The van der Waals surface area contributed by atoms with Crippen molar-refractivity contribution in [1.29, 1.82) is 0 Å². The lowest BCUT2D eigenvalue weighted by molar-refractivity contribution is -0.121. The van der Waals surface area contributed by atoms with Crippen LogP contribution in [-0.2, 0) is 4.79 Å². The van der Waals surface area contributed by atoms with E-state index in [1.165, 1.54) is 0 Å². The summed E-state index contributed by atoms with van der Waals surface area (Å²) < 4.78 is 0. The summed E-state index contributed by atoms with van der Waals surface area (Å²) in [7, 11) is 3.83. The second-order valence-corrected chi connectivity index (χ2v) is 4.79. The lowest BCUT2D eigenvalue weighted by atomic mass is 9.98. The van der Waals surface area contributed by atoms with E-state index in [4.69, 9.17) is 0 Å². The Balaban J connectivity index is 3.90. The van der Waals surface area contributed by atoms with Crippen molar-refractivity contribution in [1.82, 2.24) is 4.90 Å². The molecule has 0 aliphatic carbocycles. The Morgan fingerprint density at radius 3 is 2.21 bits per heavy atom. The molecule has 0 aliphatic rings. The first-order chi connectivity index (χ1) is 6.24. The van der Waals surface area contributed by atoms with Gasteiger partial charge < -0.3 is 5.11 Å². The predicted octanol–water partition coefficient (Wildman–Crippen LogP) is 1.45. The van der Waals surface area contributed by atoms with Crippen LogP contribution in [0.1, 0.15) is 40.0 Å². The van der Waals surface area contributed by atoms with Gasteiger partial charge in [-0.05, 0) is 54.1 Å². The maximum absolute atomic E-state index is 11.2. The highest BCUT2D eigenvalue weighted by Crippen LogP contribution is 2.15. The van der Waals surface area contributed by atoms with Crippen molar-refractivity contribution in [2.24, 2.45) is 0 Å². The maximum Gasteiger partial charge on any atom is 0.146 e. The van der Waals surface area contributed by atoms with E-state index in [0.29, 0.717) is 0 Å². The summed E-state index contributed by atoms with van der Waals surface area (Å²) in [4.78, 5) is 13.2. The van der Waals surface area contributed by atoms with E-state index in [0.717, 1.165) is 19.3 Å². The molecule has 0 saturated heterocycles. The minimum Gasteiger partial charge on any atom is -0.390 e. The van der Waals surface area contributed by atoms with Gasteiger partial charge in [-0.1, -0.05) is 0 Å². The number of rotatable bonds is 6. The third-order valence-electron chi connectivity index (χ3n) is 2.36. The molecule has 1 atom stereocenters. The van der Waals surface area contributed by atoms with Gasteiger partial charge in [0.05, 0.1) is 11.6 Å². The van der Waals surface area contributed by atoms with Crippen molar-refractivity contribution in [3.05, 3.63) is 0 Å². The molecule has 0 spiro atoms. The molecule has 0 aromatic carbocycles. The molecule has 0 aliphatic heterocycles. The molecule has 0 aromatic heterocycles. The Labute approximate surface area is 87.1 Å². The zero-order chi connectivity index (χ0) is 11.4. The van der Waals surface area contributed by atoms with Gasteiger partial charge in [-0.3, -0.25) is 9.69 Å². The summed E-state index contributed by atoms with van der Waals surface area (Å²) in [5.41, 5.74) is -0.617. The third-order valence-corrected chi connectivity index (χ3v) is 2.36. The van der Waals surface area contributed by atoms with Crippen molar-refractivity contribution in [2.75, 3.05) is 14.1 Å². The molecule has 1 N–H and O–H groups in total. The fourth-order valence-electron chi connectivity index (χ4n) is 1.55. The van der Waals surface area contributed by atoms with Crippen molar-refractivity contribution in [2.45, 2.75) is 51.7 Å². The number of aliphatic hydroxyl groups is 1. The first-order valence-corrected chi connectivity index (χ1v) is 5.13. The molecule has 0 saturated carbocycles. The first kappa shape index (κ1) is 13.6. The molecule has 14 heavy (non-hydrogen) atoms. The van der Waals surface area contributed by atoms with Crippen LogP contribution < -0.4 is 0 Å². The average molecular weight is 201 g/mol. The molecule has 0 amide bonds. The van der Waals surface area contributed by atoms with Gasteiger partial charge >= 0.3 is 0 Å². The Morgan fingerprint density at radius 1 is 1.43 bits per heavy atom. The molecule has 0 heterocycles. The topological polar surface area (TPSA) is 40.5 Å². The SMILES string of the molecule is CC(=O)C(CCCC(C)(C)O)N(C)C. The van der Waals surface area contributed by atoms with E-state index in [-0.39, 0.29) is 11.8 Å². The van der Waals surface area contributed by atoms with E-state index in [9.17, 15) is 9.90 Å². The summed E-state index contributed by atoms with van der Waals surface area (Å²) in [5.74, 6) is 0.200. The molecule has 84 valence electrons. The van der Waals surface area contributed by atoms with E-state index in [1.54, 1.807) is 20.8 Å². The van der Waals surface area contributed by atoms with Gasteiger partial charge in [-0.2, -0.15) is 0 Å². The summed E-state index contributed by atoms with van der Waals surface area (Å²) in [6, 6.07) is -0.00245. The highest BCUT2D eigenvalue weighted by Gasteiger charge is 2.18. The fraction of sp³-hybridized carbons (Fsp3) is 0.909. The van der Waals surface area contributed by atoms with Gasteiger partial charge in [0, 0.05) is 0 Å². The van der Waals surface area contributed by atoms with Crippen LogP contribution in [0.3, 0.4) is 0 Å². The van der Waals surface area contributed by atoms with E-state index < -0.39 is 5.60 Å². The lowest BCUT2D eigenvalue weighted by Crippen LogP contribution is -2.34. The minimum absolute atomic E-state index is 0.00245. The molecule has 0 fully saturated rings. The van der Waals surface area contributed by atoms with Gasteiger partial charge in [0.25, 0.3) is 0 Å². The number of hydrogen-bond acceptors (Lipinski definition) is 3. The predicted molar refractivity (Wildman–Crippen MR) is 58.3 cm³/mol. The zero-order valence-electron chi connectivity index (χ0n) is 10.0. The summed E-state index contributed by atoms with van der Waals surface area (Å²) in [5, 5.41) is 9.51. The number of hydrogen-bond donors (Lipinski definition) is 1. The Bertz CT molecular complexity index is 182. The van der Waals surface area contributed by atoms with Gasteiger partial charge in [-0.25, -0.2) is 0 Å². The Hall–Kier alpha value is -0.410. The third kappa shape index (κ3) is 6.11. The number of Topliss-reactive ketones (excluding diaryl/α,β-unsaturated/α-hetero) is 1. The zero-order valence-corrected chi connectivity index (χ0v) is 10.0. The summed E-state index contributed by atoms with van der Waals surface area (Å²) >= 11 is 0. The Kier molecular flexibility index (Phi) is 5.31. The quantitative estimate of drug-likeness (QED) is 0.707. The molecule has 1 unspecified atom stereocenters. The van der Waals surface area contributed by atoms with Crippen LogP contribution in [-0.4, -0.2) is 41.5 Å². The largest absolute Gasteiger partial charge is 0.390 e. The number of ketones is 1. The van der Waals surface area contributed by atoms with E-state index >= 15 is 0 Å². The van der Waals surface area contributed by atoms with Gasteiger partial charge in [-0.15, -0.1) is 0 Å². The van der Waals surface area contributed by atoms with E-state index in [2.05, 4.69) is 0 Å². The molecular weight excluding hydrogens is 178 g/mol. The van der Waals surface area contributed by atoms with Crippen LogP contribution in [0, 0.1) is 0 Å². The monoisotopic (exact) mass is 201 g/mol. The Morgan fingerprint density at radius 2 is 1.93 bits per heavy atom. The van der Waals surface area contributed by atoms with Gasteiger partial charge in [0.15, 0.2) is 0 Å². The van der Waals surface area contributed by atoms with Crippen LogP contribution in [0.15, 0.2) is 0 Å². The van der Waals surface area contributed by atoms with Gasteiger partial charge in [0.2, 0.25) is 0 Å². The van der Waals surface area contributed by atoms with Crippen LogP contribution >= 0.6 is 0 Å². The molecule has 0 rings (SSSR count). The second kappa shape index (κ2) is 5.47. The molecule has 0 bridgehead atoms. The van der Waals surface area contributed by atoms with Crippen molar-refractivity contribution >= 4 is 5.78 Å². The lowest BCUT2D eigenvalue weighted by Gasteiger charge is -2.23. The number of carbonyl (C=O) groups excluding carboxylic acids is 1. The molecule has 3 nitrogen and oxygen atoms in total. The fourth-order valence-corrected chi connectivity index (χ4v) is 1.55. The van der Waals surface area contributed by atoms with E-state index in [1.807, 2.05) is 19.0 Å². The van der Waals surface area contributed by atoms with Crippen LogP contribution in [0.2, 0.25) is 0 Å². The number of carbonyl (C=O) groups is 1. The van der Waals surface area contributed by atoms with Crippen molar-refractivity contribution in [3.63, 3.8) is 0 Å². The highest BCUT2D eigenvalue weighted by molar-refractivity contribution is 5.81. The molecular formula is C11H23NO2. The van der Waals surface area contributed by atoms with Gasteiger partial charge in [0.1, 0.15) is 5.78 Å². The minimum atomic E-state index is -0.617. The highest BCUT2D eigenvalue weighted by atomic mass is 16.3. The number of nitrogens with zero attached hydrogens (tertiary/aromatic N) is 1. The normalized spacial score (nSPS) is 14.5. The molecule has 0 aromatic rings. The maximum atomic E-state index is 11.2. The van der Waals surface area contributed by atoms with Crippen molar-refractivity contribution in [3.8, 4) is 0 Å². The van der Waals surface area contributed by atoms with Crippen LogP contribution in [0.5, 0.6) is 0 Å². The molecule has 3 heteroatoms. The smallest absolute Gasteiger partial charge is 0.146 e. The summed E-state index contributed by atoms with van der Waals surface area (Å²) in [6.07, 6.45) is 2.45.